The van der Waals surface area contributed by atoms with Crippen LogP contribution in [0.3, 0.4) is 0 Å². The number of likely N-dealkylation sites (N-methyl/N-ethyl adjacent to an activating group) is 1. The van der Waals surface area contributed by atoms with Gasteiger partial charge in [0.15, 0.2) is 0 Å². The summed E-state index contributed by atoms with van der Waals surface area (Å²) in [4.78, 5) is 6.63. The average Bonchev–Trinajstić information content (AvgIpc) is 2.48. The van der Waals surface area contributed by atoms with Crippen molar-refractivity contribution in [3.05, 3.63) is 18.3 Å². The van der Waals surface area contributed by atoms with E-state index < -0.39 is 10.0 Å². The van der Waals surface area contributed by atoms with Gasteiger partial charge in [-0.3, -0.25) is 0 Å². The monoisotopic (exact) mass is 312 g/mol. The van der Waals surface area contributed by atoms with Gasteiger partial charge in [-0.15, -0.1) is 0 Å². The van der Waals surface area contributed by atoms with E-state index in [9.17, 15) is 8.42 Å². The van der Waals surface area contributed by atoms with Crippen LogP contribution in [0.5, 0.6) is 0 Å². The highest BCUT2D eigenvalue weighted by molar-refractivity contribution is 7.89. The predicted molar refractivity (Wildman–Crippen MR) is 83.9 cm³/mol. The van der Waals surface area contributed by atoms with E-state index in [4.69, 9.17) is 0 Å². The lowest BCUT2D eigenvalue weighted by atomic mass is 10.2. The summed E-state index contributed by atoms with van der Waals surface area (Å²) in [5.74, 6) is 0.450. The standard InChI is InChI=1S/C14H24N4O2S/c1-4-7-15-14-13(6-5-8-16-14)21(19,20)18-10-9-17(3)12(2)11-18/h5-6,8,12H,4,7,9-11H2,1-3H3,(H,15,16). The van der Waals surface area contributed by atoms with Crippen LogP contribution in [-0.4, -0.2) is 61.9 Å². The number of hydrogen-bond donors (Lipinski definition) is 1. The fourth-order valence-electron chi connectivity index (χ4n) is 2.35. The lowest BCUT2D eigenvalue weighted by Crippen LogP contribution is -2.51. The molecule has 1 N–H and O–H groups in total. The number of hydrogen-bond acceptors (Lipinski definition) is 5. The molecule has 0 bridgehead atoms. The van der Waals surface area contributed by atoms with Gasteiger partial charge in [0.1, 0.15) is 10.7 Å². The van der Waals surface area contributed by atoms with Gasteiger partial charge in [-0.05, 0) is 32.5 Å². The summed E-state index contributed by atoms with van der Waals surface area (Å²) in [6, 6.07) is 3.52. The third-order valence-corrected chi connectivity index (χ3v) is 5.75. The molecule has 1 saturated heterocycles. The number of anilines is 1. The normalized spacial score (nSPS) is 21.4. The molecule has 0 radical (unpaired) electrons. The Morgan fingerprint density at radius 2 is 2.19 bits per heavy atom. The van der Waals surface area contributed by atoms with Crippen LogP contribution >= 0.6 is 0 Å². The average molecular weight is 312 g/mol. The summed E-state index contributed by atoms with van der Waals surface area (Å²) >= 11 is 0. The number of aromatic nitrogens is 1. The van der Waals surface area contributed by atoms with Crippen LogP contribution in [0.2, 0.25) is 0 Å². The molecule has 1 aromatic heterocycles. The maximum Gasteiger partial charge on any atom is 0.246 e. The molecule has 2 heterocycles. The molecule has 1 atom stereocenters. The summed E-state index contributed by atoms with van der Waals surface area (Å²) in [5, 5.41) is 3.10. The van der Waals surface area contributed by atoms with E-state index in [0.29, 0.717) is 25.5 Å². The van der Waals surface area contributed by atoms with Gasteiger partial charge in [0.05, 0.1) is 0 Å². The van der Waals surface area contributed by atoms with Gasteiger partial charge < -0.3 is 10.2 Å². The molecule has 1 aliphatic rings. The van der Waals surface area contributed by atoms with Crippen molar-refractivity contribution in [2.24, 2.45) is 0 Å². The largest absolute Gasteiger partial charge is 0.369 e. The SMILES string of the molecule is CCCNc1ncccc1S(=O)(=O)N1CCN(C)C(C)C1. The van der Waals surface area contributed by atoms with E-state index >= 15 is 0 Å². The van der Waals surface area contributed by atoms with Crippen molar-refractivity contribution in [1.82, 2.24) is 14.2 Å². The van der Waals surface area contributed by atoms with Crippen LogP contribution in [0.25, 0.3) is 0 Å². The molecule has 1 aromatic rings. The molecule has 21 heavy (non-hydrogen) atoms. The Labute approximate surface area is 127 Å². The predicted octanol–water partition coefficient (Wildman–Crippen LogP) is 1.23. The summed E-state index contributed by atoms with van der Waals surface area (Å²) in [7, 11) is -1.48. The molecular weight excluding hydrogens is 288 g/mol. The second-order valence-corrected chi connectivity index (χ2v) is 7.38. The minimum atomic E-state index is -3.50. The van der Waals surface area contributed by atoms with Crippen molar-refractivity contribution < 1.29 is 8.42 Å². The molecule has 0 aromatic carbocycles. The molecule has 2 rings (SSSR count). The van der Waals surface area contributed by atoms with Crippen LogP contribution in [0.4, 0.5) is 5.82 Å². The Hall–Kier alpha value is -1.18. The van der Waals surface area contributed by atoms with Gasteiger partial charge in [-0.2, -0.15) is 4.31 Å². The maximum atomic E-state index is 12.9. The second kappa shape index (κ2) is 6.72. The number of pyridine rings is 1. The Kier molecular flexibility index (Phi) is 5.18. The first-order valence-corrected chi connectivity index (χ1v) is 8.80. The molecule has 0 aliphatic carbocycles. The van der Waals surface area contributed by atoms with Gasteiger partial charge >= 0.3 is 0 Å². The van der Waals surface area contributed by atoms with Crippen molar-refractivity contribution in [3.8, 4) is 0 Å². The van der Waals surface area contributed by atoms with E-state index in [1.165, 1.54) is 0 Å². The smallest absolute Gasteiger partial charge is 0.246 e. The number of piperazine rings is 1. The highest BCUT2D eigenvalue weighted by Crippen LogP contribution is 2.24. The lowest BCUT2D eigenvalue weighted by Gasteiger charge is -2.36. The third-order valence-electron chi connectivity index (χ3n) is 3.85. The van der Waals surface area contributed by atoms with Crippen LogP contribution in [0.15, 0.2) is 23.2 Å². The highest BCUT2D eigenvalue weighted by atomic mass is 32.2. The molecule has 0 spiro atoms. The molecule has 1 fully saturated rings. The molecule has 6 nitrogen and oxygen atoms in total. The Balaban J connectivity index is 2.27. The van der Waals surface area contributed by atoms with Gasteiger partial charge in [0.25, 0.3) is 0 Å². The maximum absolute atomic E-state index is 12.9. The van der Waals surface area contributed by atoms with Crippen LogP contribution in [-0.2, 0) is 10.0 Å². The number of nitrogens with one attached hydrogen (secondary N) is 1. The third kappa shape index (κ3) is 3.53. The summed E-state index contributed by atoms with van der Waals surface area (Å²) in [5.41, 5.74) is 0. The molecule has 0 saturated carbocycles. The van der Waals surface area contributed by atoms with Gasteiger partial charge in [-0.1, -0.05) is 6.92 Å². The first-order chi connectivity index (χ1) is 9.96. The first kappa shape index (κ1) is 16.2. The fraction of sp³-hybridized carbons (Fsp3) is 0.643. The van der Waals surface area contributed by atoms with Crippen LogP contribution in [0.1, 0.15) is 20.3 Å². The van der Waals surface area contributed by atoms with Crippen molar-refractivity contribution in [2.45, 2.75) is 31.2 Å². The Bertz CT molecular complexity index is 576. The van der Waals surface area contributed by atoms with Crippen molar-refractivity contribution in [1.29, 1.82) is 0 Å². The van der Waals surface area contributed by atoms with Crippen LogP contribution < -0.4 is 5.32 Å². The molecule has 118 valence electrons. The minimum absolute atomic E-state index is 0.220. The molecule has 7 heteroatoms. The van der Waals surface area contributed by atoms with Crippen molar-refractivity contribution in [2.75, 3.05) is 38.5 Å². The second-order valence-electron chi connectivity index (χ2n) is 5.47. The summed E-state index contributed by atoms with van der Waals surface area (Å²) < 4.78 is 27.3. The van der Waals surface area contributed by atoms with E-state index in [1.807, 2.05) is 20.9 Å². The number of nitrogens with zero attached hydrogens (tertiary/aromatic N) is 3. The summed E-state index contributed by atoms with van der Waals surface area (Å²) in [6.07, 6.45) is 2.53. The van der Waals surface area contributed by atoms with E-state index in [-0.39, 0.29) is 10.9 Å². The minimum Gasteiger partial charge on any atom is -0.369 e. The number of sulfonamides is 1. The molecule has 1 aliphatic heterocycles. The van der Waals surface area contributed by atoms with Gasteiger partial charge in [0, 0.05) is 38.4 Å². The topological polar surface area (TPSA) is 65.5 Å². The molecule has 0 amide bonds. The quantitative estimate of drug-likeness (QED) is 0.886. The summed E-state index contributed by atoms with van der Waals surface area (Å²) in [6.45, 7) is 6.57. The van der Waals surface area contributed by atoms with E-state index in [0.717, 1.165) is 13.0 Å². The zero-order chi connectivity index (χ0) is 15.5. The van der Waals surface area contributed by atoms with Gasteiger partial charge in [0.2, 0.25) is 10.0 Å². The highest BCUT2D eigenvalue weighted by Gasteiger charge is 2.32. The van der Waals surface area contributed by atoms with Crippen LogP contribution in [0, 0.1) is 0 Å². The Morgan fingerprint density at radius 3 is 2.86 bits per heavy atom. The van der Waals surface area contributed by atoms with Crippen molar-refractivity contribution in [3.63, 3.8) is 0 Å². The zero-order valence-electron chi connectivity index (χ0n) is 12.9. The van der Waals surface area contributed by atoms with Crippen molar-refractivity contribution >= 4 is 15.8 Å². The molecule has 1 unspecified atom stereocenters. The lowest BCUT2D eigenvalue weighted by molar-refractivity contribution is 0.159. The zero-order valence-corrected chi connectivity index (χ0v) is 13.7. The Morgan fingerprint density at radius 1 is 1.43 bits per heavy atom. The van der Waals surface area contributed by atoms with Gasteiger partial charge in [-0.25, -0.2) is 13.4 Å². The molecular formula is C14H24N4O2S. The first-order valence-electron chi connectivity index (χ1n) is 7.36. The van der Waals surface area contributed by atoms with E-state index in [2.05, 4.69) is 15.2 Å². The number of rotatable bonds is 5. The van der Waals surface area contributed by atoms with E-state index in [1.54, 1.807) is 22.6 Å². The fourth-order valence-corrected chi connectivity index (χ4v) is 3.98.